The van der Waals surface area contributed by atoms with Crippen LogP contribution in [0.1, 0.15) is 31.9 Å². The van der Waals surface area contributed by atoms with Crippen molar-refractivity contribution < 1.29 is 9.47 Å². The maximum Gasteiger partial charge on any atom is 0.137 e. The van der Waals surface area contributed by atoms with Crippen LogP contribution >= 0.6 is 11.6 Å². The minimum atomic E-state index is -0.0441. The SMILES string of the molecule is COc1ccc(N=Cc2cc3c(cc2OC)N(C)C(C)(C)C=C3C)cc1Cl. The van der Waals surface area contributed by atoms with Gasteiger partial charge < -0.3 is 14.4 Å². The lowest BCUT2D eigenvalue weighted by Gasteiger charge is -2.40. The van der Waals surface area contributed by atoms with Crippen molar-refractivity contribution >= 4 is 34.8 Å². The topological polar surface area (TPSA) is 34.1 Å². The average Bonchev–Trinajstić information content (AvgIpc) is 2.63. The molecule has 1 aliphatic rings. The first-order valence-corrected chi connectivity index (χ1v) is 9.18. The number of likely N-dealkylation sites (N-methyl/N-ethyl adjacent to an activating group) is 1. The fourth-order valence-electron chi connectivity index (χ4n) is 3.35. The van der Waals surface area contributed by atoms with E-state index in [1.165, 1.54) is 11.1 Å². The predicted octanol–water partition coefficient (Wildman–Crippen LogP) is 5.74. The Morgan fingerprint density at radius 2 is 1.78 bits per heavy atom. The molecular formula is C22H25ClN2O2. The van der Waals surface area contributed by atoms with Crippen molar-refractivity contribution in [3.05, 3.63) is 52.6 Å². The zero-order valence-corrected chi connectivity index (χ0v) is 17.4. The number of anilines is 1. The monoisotopic (exact) mass is 384 g/mol. The molecule has 0 amide bonds. The summed E-state index contributed by atoms with van der Waals surface area (Å²) in [7, 11) is 5.38. The molecule has 5 heteroatoms. The number of fused-ring (bicyclic) bond motifs is 1. The van der Waals surface area contributed by atoms with Gasteiger partial charge in [0.25, 0.3) is 0 Å². The van der Waals surface area contributed by atoms with Crippen molar-refractivity contribution in [3.63, 3.8) is 0 Å². The highest BCUT2D eigenvalue weighted by atomic mass is 35.5. The van der Waals surface area contributed by atoms with Crippen molar-refractivity contribution in [3.8, 4) is 11.5 Å². The standard InChI is InChI=1S/C22H25ClN2O2/c1-14-12-22(2,3)25(4)19-11-21(27-6)15(9-17(14)19)13-24-16-7-8-20(26-5)18(23)10-16/h7-13H,1-6H3. The van der Waals surface area contributed by atoms with E-state index < -0.39 is 0 Å². The van der Waals surface area contributed by atoms with Crippen LogP contribution in [0.4, 0.5) is 11.4 Å². The van der Waals surface area contributed by atoms with E-state index in [0.29, 0.717) is 10.8 Å². The molecule has 0 N–H and O–H groups in total. The first kappa shape index (κ1) is 19.3. The van der Waals surface area contributed by atoms with Gasteiger partial charge in [0.2, 0.25) is 0 Å². The van der Waals surface area contributed by atoms with Gasteiger partial charge >= 0.3 is 0 Å². The summed E-state index contributed by atoms with van der Waals surface area (Å²) in [6.07, 6.45) is 4.09. The van der Waals surface area contributed by atoms with Crippen molar-refractivity contribution in [2.75, 3.05) is 26.2 Å². The lowest BCUT2D eigenvalue weighted by Crippen LogP contribution is -2.42. The van der Waals surface area contributed by atoms with Crippen LogP contribution in [0.15, 0.2) is 41.4 Å². The molecule has 1 aliphatic heterocycles. The largest absolute Gasteiger partial charge is 0.496 e. The van der Waals surface area contributed by atoms with Crippen molar-refractivity contribution in [2.24, 2.45) is 4.99 Å². The van der Waals surface area contributed by atoms with Crippen LogP contribution in [0.5, 0.6) is 11.5 Å². The number of aliphatic imine (C=N–C) groups is 1. The third-order valence-electron chi connectivity index (χ3n) is 5.06. The number of rotatable bonds is 4. The van der Waals surface area contributed by atoms with Gasteiger partial charge in [-0.05, 0) is 50.6 Å². The van der Waals surface area contributed by atoms with Gasteiger partial charge in [-0.2, -0.15) is 0 Å². The maximum atomic E-state index is 6.19. The molecule has 27 heavy (non-hydrogen) atoms. The Kier molecular flexibility index (Phi) is 5.20. The van der Waals surface area contributed by atoms with E-state index in [1.807, 2.05) is 18.3 Å². The van der Waals surface area contributed by atoms with Gasteiger partial charge in [0.15, 0.2) is 0 Å². The number of benzene rings is 2. The third-order valence-corrected chi connectivity index (χ3v) is 5.35. The second kappa shape index (κ2) is 7.28. The Morgan fingerprint density at radius 1 is 1.07 bits per heavy atom. The highest BCUT2D eigenvalue weighted by Gasteiger charge is 2.29. The van der Waals surface area contributed by atoms with Crippen LogP contribution in [-0.4, -0.2) is 33.0 Å². The fourth-order valence-corrected chi connectivity index (χ4v) is 3.60. The molecule has 2 aromatic rings. The molecule has 0 radical (unpaired) electrons. The Bertz CT molecular complexity index is 932. The molecule has 2 aromatic carbocycles. The van der Waals surface area contributed by atoms with Crippen LogP contribution in [0.3, 0.4) is 0 Å². The summed E-state index contributed by atoms with van der Waals surface area (Å²) in [5.74, 6) is 1.42. The van der Waals surface area contributed by atoms with Crippen LogP contribution in [0, 0.1) is 0 Å². The molecule has 4 nitrogen and oxygen atoms in total. The van der Waals surface area contributed by atoms with Gasteiger partial charge in [-0.3, -0.25) is 4.99 Å². The molecular weight excluding hydrogens is 360 g/mol. The highest BCUT2D eigenvalue weighted by Crippen LogP contribution is 2.41. The number of nitrogens with zero attached hydrogens (tertiary/aromatic N) is 2. The van der Waals surface area contributed by atoms with E-state index in [-0.39, 0.29) is 5.54 Å². The van der Waals surface area contributed by atoms with Crippen LogP contribution in [0.2, 0.25) is 5.02 Å². The Hall–Kier alpha value is -2.46. The molecule has 0 aromatic heterocycles. The van der Waals surface area contributed by atoms with E-state index in [2.05, 4.69) is 55.9 Å². The number of allylic oxidation sites excluding steroid dienone is 1. The van der Waals surface area contributed by atoms with E-state index >= 15 is 0 Å². The summed E-state index contributed by atoms with van der Waals surface area (Å²) in [6.45, 7) is 6.55. The van der Waals surface area contributed by atoms with Gasteiger partial charge in [-0.15, -0.1) is 0 Å². The van der Waals surface area contributed by atoms with Gasteiger partial charge in [0.1, 0.15) is 11.5 Å². The van der Waals surface area contributed by atoms with E-state index in [1.54, 1.807) is 20.3 Å². The normalized spacial score (nSPS) is 15.5. The van der Waals surface area contributed by atoms with Crippen molar-refractivity contribution in [1.29, 1.82) is 0 Å². The van der Waals surface area contributed by atoms with Crippen molar-refractivity contribution in [2.45, 2.75) is 26.3 Å². The summed E-state index contributed by atoms with van der Waals surface area (Å²) < 4.78 is 10.8. The molecule has 3 rings (SSSR count). The number of methoxy groups -OCH3 is 2. The lowest BCUT2D eigenvalue weighted by atomic mass is 9.88. The maximum absolute atomic E-state index is 6.19. The zero-order chi connectivity index (χ0) is 19.8. The van der Waals surface area contributed by atoms with Crippen LogP contribution in [0.25, 0.3) is 5.57 Å². The third kappa shape index (κ3) is 3.67. The molecule has 0 saturated heterocycles. The Morgan fingerprint density at radius 3 is 2.41 bits per heavy atom. The minimum Gasteiger partial charge on any atom is -0.496 e. The highest BCUT2D eigenvalue weighted by molar-refractivity contribution is 6.32. The number of hydrogen-bond acceptors (Lipinski definition) is 4. The molecule has 0 saturated carbocycles. The van der Waals surface area contributed by atoms with E-state index in [9.17, 15) is 0 Å². The van der Waals surface area contributed by atoms with Crippen molar-refractivity contribution in [1.82, 2.24) is 0 Å². The fraction of sp³-hybridized carbons (Fsp3) is 0.318. The molecule has 0 atom stereocenters. The quantitative estimate of drug-likeness (QED) is 0.630. The Labute approximate surface area is 166 Å². The first-order chi connectivity index (χ1) is 12.8. The average molecular weight is 385 g/mol. The lowest BCUT2D eigenvalue weighted by molar-refractivity contribution is 0.413. The molecule has 142 valence electrons. The van der Waals surface area contributed by atoms with Gasteiger partial charge in [-0.1, -0.05) is 17.7 Å². The number of ether oxygens (including phenoxy) is 2. The zero-order valence-electron chi connectivity index (χ0n) is 16.6. The first-order valence-electron chi connectivity index (χ1n) is 8.80. The summed E-state index contributed by atoms with van der Waals surface area (Å²) in [6, 6.07) is 9.66. The smallest absolute Gasteiger partial charge is 0.137 e. The number of hydrogen-bond donors (Lipinski definition) is 0. The molecule has 0 aliphatic carbocycles. The van der Waals surface area contributed by atoms with Crippen LogP contribution < -0.4 is 14.4 Å². The Balaban J connectivity index is 2.02. The van der Waals surface area contributed by atoms with Gasteiger partial charge in [0, 0.05) is 36.1 Å². The summed E-state index contributed by atoms with van der Waals surface area (Å²) in [5.41, 5.74) is 5.22. The molecule has 0 spiro atoms. The molecule has 0 bridgehead atoms. The molecule has 0 fully saturated rings. The molecule has 0 unspecified atom stereocenters. The summed E-state index contributed by atoms with van der Waals surface area (Å²) in [4.78, 5) is 6.83. The van der Waals surface area contributed by atoms with E-state index in [4.69, 9.17) is 21.1 Å². The summed E-state index contributed by atoms with van der Waals surface area (Å²) >= 11 is 6.19. The van der Waals surface area contributed by atoms with Crippen LogP contribution in [-0.2, 0) is 0 Å². The van der Waals surface area contributed by atoms with E-state index in [0.717, 1.165) is 22.7 Å². The number of halogens is 1. The second-order valence-corrected chi connectivity index (χ2v) is 7.64. The minimum absolute atomic E-state index is 0.0441. The predicted molar refractivity (Wildman–Crippen MR) is 114 cm³/mol. The van der Waals surface area contributed by atoms with Gasteiger partial charge in [0.05, 0.1) is 30.5 Å². The molecule has 1 heterocycles. The second-order valence-electron chi connectivity index (χ2n) is 7.23. The van der Waals surface area contributed by atoms with Gasteiger partial charge in [-0.25, -0.2) is 0 Å². The summed E-state index contributed by atoms with van der Waals surface area (Å²) in [5, 5.41) is 0.534.